The van der Waals surface area contributed by atoms with Gasteiger partial charge in [0.1, 0.15) is 12.7 Å². The first-order valence-corrected chi connectivity index (χ1v) is 7.10. The minimum absolute atomic E-state index is 0.366. The Morgan fingerprint density at radius 3 is 1.79 bits per heavy atom. The average molecular weight is 348 g/mol. The molecule has 10 nitrogen and oxygen atoms in total. The van der Waals surface area contributed by atoms with Crippen LogP contribution in [-0.4, -0.2) is 66.3 Å². The van der Waals surface area contributed by atoms with Crippen molar-refractivity contribution in [3.05, 3.63) is 0 Å². The van der Waals surface area contributed by atoms with Gasteiger partial charge in [-0.3, -0.25) is 19.2 Å². The highest BCUT2D eigenvalue weighted by atomic mass is 16.7. The lowest BCUT2D eigenvalue weighted by atomic mass is 9.98. The Balaban J connectivity index is 3.08. The Kier molecular flexibility index (Phi) is 7.11. The van der Waals surface area contributed by atoms with Gasteiger partial charge in [0.2, 0.25) is 6.29 Å². The van der Waals surface area contributed by atoms with Gasteiger partial charge in [-0.2, -0.15) is 0 Å². The van der Waals surface area contributed by atoms with Crippen LogP contribution < -0.4 is 0 Å². The van der Waals surface area contributed by atoms with E-state index >= 15 is 0 Å². The normalized spacial score (nSPS) is 29.3. The number of hydrogen-bond donors (Lipinski definition) is 1. The number of aliphatic hydroxyl groups is 1. The molecule has 5 atom stereocenters. The van der Waals surface area contributed by atoms with E-state index in [0.29, 0.717) is 0 Å². The van der Waals surface area contributed by atoms with Crippen LogP contribution >= 0.6 is 0 Å². The van der Waals surface area contributed by atoms with Crippen molar-refractivity contribution in [2.45, 2.75) is 58.4 Å². The van der Waals surface area contributed by atoms with Gasteiger partial charge < -0.3 is 28.8 Å². The SMILES string of the molecule is CC(=O)OCC1OC(OC(C)=O)C(O)C(OC(C)=O)C1OC(C)=O. The van der Waals surface area contributed by atoms with Crippen molar-refractivity contribution in [3.63, 3.8) is 0 Å². The number of esters is 4. The summed E-state index contributed by atoms with van der Waals surface area (Å²) in [5, 5.41) is 10.2. The summed E-state index contributed by atoms with van der Waals surface area (Å²) in [4.78, 5) is 44.7. The minimum Gasteiger partial charge on any atom is -0.463 e. The molecule has 0 radical (unpaired) electrons. The van der Waals surface area contributed by atoms with Gasteiger partial charge in [0.25, 0.3) is 0 Å². The van der Waals surface area contributed by atoms with Crippen LogP contribution in [-0.2, 0) is 42.9 Å². The quantitative estimate of drug-likeness (QED) is 0.490. The summed E-state index contributed by atoms with van der Waals surface area (Å²) in [6.45, 7) is 4.09. The molecule has 24 heavy (non-hydrogen) atoms. The van der Waals surface area contributed by atoms with Crippen molar-refractivity contribution < 1.29 is 48.0 Å². The molecule has 1 heterocycles. The second-order valence-corrected chi connectivity index (χ2v) is 5.09. The molecule has 10 heteroatoms. The van der Waals surface area contributed by atoms with Crippen molar-refractivity contribution in [1.82, 2.24) is 0 Å². The van der Waals surface area contributed by atoms with Crippen LogP contribution in [0.4, 0.5) is 0 Å². The Labute approximate surface area is 137 Å². The molecule has 0 amide bonds. The highest BCUT2D eigenvalue weighted by molar-refractivity contribution is 5.68. The Morgan fingerprint density at radius 1 is 0.833 bits per heavy atom. The zero-order valence-electron chi connectivity index (χ0n) is 13.7. The predicted octanol–water partition coefficient (Wildman–Crippen LogP) is -0.938. The molecule has 1 aliphatic rings. The molecule has 0 aromatic rings. The van der Waals surface area contributed by atoms with E-state index in [9.17, 15) is 24.3 Å². The number of rotatable bonds is 5. The van der Waals surface area contributed by atoms with E-state index in [1.54, 1.807) is 0 Å². The summed E-state index contributed by atoms with van der Waals surface area (Å²) in [5.74, 6) is -2.87. The maximum atomic E-state index is 11.3. The summed E-state index contributed by atoms with van der Waals surface area (Å²) in [6, 6.07) is 0. The van der Waals surface area contributed by atoms with Gasteiger partial charge in [0.05, 0.1) is 0 Å². The Morgan fingerprint density at radius 2 is 1.33 bits per heavy atom. The summed E-state index contributed by atoms with van der Waals surface area (Å²) < 4.78 is 25.0. The van der Waals surface area contributed by atoms with Crippen LogP contribution in [0.2, 0.25) is 0 Å². The Hall–Kier alpha value is -2.20. The number of carbonyl (C=O) groups is 4. The van der Waals surface area contributed by atoms with Crippen molar-refractivity contribution >= 4 is 23.9 Å². The highest BCUT2D eigenvalue weighted by Gasteiger charge is 2.51. The van der Waals surface area contributed by atoms with Crippen LogP contribution in [0.3, 0.4) is 0 Å². The van der Waals surface area contributed by atoms with Gasteiger partial charge >= 0.3 is 23.9 Å². The fraction of sp³-hybridized carbons (Fsp3) is 0.714. The number of aliphatic hydroxyl groups excluding tert-OH is 1. The summed E-state index contributed by atoms with van der Waals surface area (Å²) in [5.41, 5.74) is 0. The third-order valence-electron chi connectivity index (χ3n) is 2.95. The van der Waals surface area contributed by atoms with Crippen LogP contribution in [0.1, 0.15) is 27.7 Å². The zero-order chi connectivity index (χ0) is 18.4. The fourth-order valence-corrected chi connectivity index (χ4v) is 2.15. The second kappa shape index (κ2) is 8.60. The maximum Gasteiger partial charge on any atom is 0.305 e. The molecule has 0 bridgehead atoms. The molecule has 1 N–H and O–H groups in total. The van der Waals surface area contributed by atoms with Gasteiger partial charge in [0, 0.05) is 27.7 Å². The maximum absolute atomic E-state index is 11.3. The van der Waals surface area contributed by atoms with E-state index in [1.807, 2.05) is 0 Å². The third-order valence-corrected chi connectivity index (χ3v) is 2.95. The molecule has 5 unspecified atom stereocenters. The number of hydrogen-bond acceptors (Lipinski definition) is 10. The molecule has 0 aromatic carbocycles. The van der Waals surface area contributed by atoms with E-state index in [1.165, 1.54) is 0 Å². The number of carbonyl (C=O) groups excluding carboxylic acids is 4. The largest absolute Gasteiger partial charge is 0.463 e. The molecule has 0 saturated carbocycles. The van der Waals surface area contributed by atoms with Crippen LogP contribution in [0.5, 0.6) is 0 Å². The zero-order valence-corrected chi connectivity index (χ0v) is 13.7. The highest BCUT2D eigenvalue weighted by Crippen LogP contribution is 2.27. The topological polar surface area (TPSA) is 135 Å². The third kappa shape index (κ3) is 5.78. The lowest BCUT2D eigenvalue weighted by molar-refractivity contribution is -0.297. The van der Waals surface area contributed by atoms with Crippen LogP contribution in [0, 0.1) is 0 Å². The number of ether oxygens (including phenoxy) is 5. The van der Waals surface area contributed by atoms with E-state index < -0.39 is 54.6 Å². The monoisotopic (exact) mass is 348 g/mol. The molecule has 0 aromatic heterocycles. The van der Waals surface area contributed by atoms with Crippen molar-refractivity contribution in [3.8, 4) is 0 Å². The average Bonchev–Trinajstić information content (AvgIpc) is 2.42. The standard InChI is InChI=1S/C14H20O10/c1-6(15)20-5-10-12(21-7(2)16)13(22-8(3)17)11(19)14(24-10)23-9(4)18/h10-14,19H,5H2,1-4H3. The van der Waals surface area contributed by atoms with Gasteiger partial charge in [-0.25, -0.2) is 0 Å². The lowest BCUT2D eigenvalue weighted by Crippen LogP contribution is -2.62. The summed E-state index contributed by atoms with van der Waals surface area (Å²) in [6.07, 6.45) is -6.83. The van der Waals surface area contributed by atoms with Crippen LogP contribution in [0.25, 0.3) is 0 Å². The van der Waals surface area contributed by atoms with E-state index in [2.05, 4.69) is 0 Å². The molecule has 1 saturated heterocycles. The van der Waals surface area contributed by atoms with E-state index in [4.69, 9.17) is 23.7 Å². The first-order valence-electron chi connectivity index (χ1n) is 7.10. The Bertz CT molecular complexity index is 486. The first kappa shape index (κ1) is 19.8. The molecular weight excluding hydrogens is 328 g/mol. The molecule has 1 rings (SSSR count). The van der Waals surface area contributed by atoms with Gasteiger partial charge in [-0.1, -0.05) is 0 Å². The molecule has 1 aliphatic heterocycles. The van der Waals surface area contributed by atoms with E-state index in [-0.39, 0.29) is 6.61 Å². The van der Waals surface area contributed by atoms with Crippen molar-refractivity contribution in [2.75, 3.05) is 6.61 Å². The van der Waals surface area contributed by atoms with Crippen LogP contribution in [0.15, 0.2) is 0 Å². The minimum atomic E-state index is -1.60. The molecule has 0 aliphatic carbocycles. The van der Waals surface area contributed by atoms with Gasteiger partial charge in [-0.15, -0.1) is 0 Å². The van der Waals surface area contributed by atoms with Crippen molar-refractivity contribution in [2.24, 2.45) is 0 Å². The van der Waals surface area contributed by atoms with E-state index in [0.717, 1.165) is 27.7 Å². The second-order valence-electron chi connectivity index (χ2n) is 5.09. The molecule has 1 fully saturated rings. The smallest absolute Gasteiger partial charge is 0.305 e. The summed E-state index contributed by atoms with van der Waals surface area (Å²) >= 11 is 0. The molecular formula is C14H20O10. The van der Waals surface area contributed by atoms with Crippen molar-refractivity contribution in [1.29, 1.82) is 0 Å². The van der Waals surface area contributed by atoms with Gasteiger partial charge in [-0.05, 0) is 0 Å². The fourth-order valence-electron chi connectivity index (χ4n) is 2.15. The molecule has 0 spiro atoms. The predicted molar refractivity (Wildman–Crippen MR) is 74.2 cm³/mol. The van der Waals surface area contributed by atoms with Gasteiger partial charge in [0.15, 0.2) is 18.3 Å². The summed E-state index contributed by atoms with van der Waals surface area (Å²) in [7, 11) is 0. The lowest BCUT2D eigenvalue weighted by Gasteiger charge is -2.42. The first-order chi connectivity index (χ1) is 11.1. The molecule has 136 valence electrons.